The van der Waals surface area contributed by atoms with Crippen LogP contribution < -0.4 is 10.1 Å². The zero-order valence-electron chi connectivity index (χ0n) is 14.6. The van der Waals surface area contributed by atoms with Crippen LogP contribution in [-0.2, 0) is 4.79 Å². The number of nitrogens with one attached hydrogen (secondary N) is 1. The van der Waals surface area contributed by atoms with Gasteiger partial charge in [0.05, 0.1) is 13.2 Å². The Kier molecular flexibility index (Phi) is 5.66. The summed E-state index contributed by atoms with van der Waals surface area (Å²) in [6, 6.07) is 6.26. The number of benzene rings is 1. The van der Waals surface area contributed by atoms with Crippen molar-refractivity contribution in [2.24, 2.45) is 11.3 Å². The molecule has 2 aliphatic heterocycles. The fraction of sp³-hybridized carbons (Fsp3) is 0.632. The average molecular weight is 430 g/mol. The van der Waals surface area contributed by atoms with E-state index in [9.17, 15) is 4.79 Å². The quantitative estimate of drug-likeness (QED) is 0.791. The van der Waals surface area contributed by atoms with Crippen molar-refractivity contribution in [3.8, 4) is 5.75 Å². The second-order valence-corrected chi connectivity index (χ2v) is 8.36. The Bertz CT molecular complexity index is 648. The van der Waals surface area contributed by atoms with Crippen LogP contribution in [0.3, 0.4) is 0 Å². The van der Waals surface area contributed by atoms with E-state index < -0.39 is 0 Å². The molecule has 2 heterocycles. The lowest BCUT2D eigenvalue weighted by atomic mass is 9.91. The van der Waals surface area contributed by atoms with Gasteiger partial charge in [0.15, 0.2) is 0 Å². The molecular formula is C19H26BrClN2O2. The maximum atomic E-state index is 13.2. The standard InChI is InChI=1S/C19H25BrN2O2.ClH/c1-24-17-5-4-13(20)11-14(17)16-3-2-10-22(16)18(23)15-12-19(15)6-8-21-9-7-19;/h4-5,11,15-16,21H,2-3,6-10,12H2,1H3;1H. The molecule has 2 unspecified atom stereocenters. The molecule has 0 bridgehead atoms. The van der Waals surface area contributed by atoms with Crippen LogP contribution in [0.25, 0.3) is 0 Å². The van der Waals surface area contributed by atoms with E-state index in [4.69, 9.17) is 4.74 Å². The highest BCUT2D eigenvalue weighted by Crippen LogP contribution is 2.60. The Labute approximate surface area is 164 Å². The zero-order valence-corrected chi connectivity index (χ0v) is 17.0. The van der Waals surface area contributed by atoms with Gasteiger partial charge >= 0.3 is 0 Å². The molecule has 6 heteroatoms. The number of nitrogens with zero attached hydrogens (tertiary/aromatic N) is 1. The van der Waals surface area contributed by atoms with Crippen molar-refractivity contribution < 1.29 is 9.53 Å². The van der Waals surface area contributed by atoms with Gasteiger partial charge in [0.1, 0.15) is 5.75 Å². The molecule has 3 fully saturated rings. The Morgan fingerprint density at radius 2 is 2.12 bits per heavy atom. The summed E-state index contributed by atoms with van der Waals surface area (Å²) in [4.78, 5) is 15.3. The summed E-state index contributed by atoms with van der Waals surface area (Å²) in [5.41, 5.74) is 1.44. The van der Waals surface area contributed by atoms with Crippen LogP contribution in [-0.4, -0.2) is 37.6 Å². The third-order valence-corrected chi connectivity index (χ3v) is 6.67. The number of ether oxygens (including phenoxy) is 1. The van der Waals surface area contributed by atoms with Crippen LogP contribution in [0, 0.1) is 11.3 Å². The number of hydrogen-bond acceptors (Lipinski definition) is 3. The molecule has 1 N–H and O–H groups in total. The SMILES string of the molecule is COc1ccc(Br)cc1C1CCCN1C(=O)C1CC12CCNCC2.Cl. The number of methoxy groups -OCH3 is 1. The number of piperidine rings is 1. The Morgan fingerprint density at radius 3 is 2.84 bits per heavy atom. The Hall–Kier alpha value is -0.780. The molecule has 2 saturated heterocycles. The fourth-order valence-electron chi connectivity index (χ4n) is 4.69. The van der Waals surface area contributed by atoms with E-state index in [2.05, 4.69) is 32.2 Å². The third kappa shape index (κ3) is 3.43. The summed E-state index contributed by atoms with van der Waals surface area (Å²) in [5.74, 6) is 1.51. The van der Waals surface area contributed by atoms with Crippen molar-refractivity contribution in [3.05, 3.63) is 28.2 Å². The highest BCUT2D eigenvalue weighted by atomic mass is 79.9. The minimum atomic E-state index is 0. The molecule has 1 saturated carbocycles. The van der Waals surface area contributed by atoms with Crippen LogP contribution in [0.4, 0.5) is 0 Å². The smallest absolute Gasteiger partial charge is 0.226 e. The van der Waals surface area contributed by atoms with Gasteiger partial charge in [-0.2, -0.15) is 0 Å². The van der Waals surface area contributed by atoms with Crippen LogP contribution in [0.2, 0.25) is 0 Å². The number of hydrogen-bond donors (Lipinski definition) is 1. The van der Waals surface area contributed by atoms with Gasteiger partial charge in [-0.05, 0) is 68.8 Å². The van der Waals surface area contributed by atoms with E-state index in [0.717, 1.165) is 67.5 Å². The van der Waals surface area contributed by atoms with Gasteiger partial charge in [-0.25, -0.2) is 0 Å². The first-order valence-corrected chi connectivity index (χ1v) is 9.78. The van der Waals surface area contributed by atoms with Crippen LogP contribution in [0.1, 0.15) is 43.7 Å². The molecule has 1 spiro atoms. The van der Waals surface area contributed by atoms with Crippen LogP contribution in [0.15, 0.2) is 22.7 Å². The number of halogens is 2. The van der Waals surface area contributed by atoms with Gasteiger partial charge < -0.3 is 15.0 Å². The first-order valence-electron chi connectivity index (χ1n) is 8.99. The molecule has 1 aromatic rings. The molecule has 4 nitrogen and oxygen atoms in total. The first kappa shape index (κ1) is 19.0. The molecule has 0 aromatic heterocycles. The molecule has 2 atom stereocenters. The third-order valence-electron chi connectivity index (χ3n) is 6.17. The molecule has 1 aromatic carbocycles. The summed E-state index contributed by atoms with van der Waals surface area (Å²) in [5, 5.41) is 3.42. The zero-order chi connectivity index (χ0) is 16.7. The number of rotatable bonds is 3. The van der Waals surface area contributed by atoms with E-state index in [0.29, 0.717) is 11.3 Å². The van der Waals surface area contributed by atoms with Crippen LogP contribution in [0.5, 0.6) is 5.75 Å². The minimum Gasteiger partial charge on any atom is -0.496 e. The van der Waals surface area contributed by atoms with E-state index in [1.54, 1.807) is 7.11 Å². The van der Waals surface area contributed by atoms with E-state index in [1.807, 2.05) is 12.1 Å². The summed E-state index contributed by atoms with van der Waals surface area (Å²) in [7, 11) is 1.71. The number of carbonyl (C=O) groups excluding carboxylic acids is 1. The fourth-order valence-corrected chi connectivity index (χ4v) is 5.07. The second kappa shape index (κ2) is 7.45. The predicted octanol–water partition coefficient (Wildman–Crippen LogP) is 3.93. The van der Waals surface area contributed by atoms with Gasteiger partial charge in [0.2, 0.25) is 5.91 Å². The number of amides is 1. The molecular weight excluding hydrogens is 404 g/mol. The molecule has 25 heavy (non-hydrogen) atoms. The lowest BCUT2D eigenvalue weighted by molar-refractivity contribution is -0.134. The lowest BCUT2D eigenvalue weighted by Gasteiger charge is -2.29. The molecule has 138 valence electrons. The summed E-state index contributed by atoms with van der Waals surface area (Å²) in [6.45, 7) is 3.00. The van der Waals surface area contributed by atoms with E-state index in [1.165, 1.54) is 0 Å². The monoisotopic (exact) mass is 428 g/mol. The number of carbonyl (C=O) groups is 1. The van der Waals surface area contributed by atoms with Crippen molar-refractivity contribution in [2.45, 2.75) is 38.1 Å². The largest absolute Gasteiger partial charge is 0.496 e. The van der Waals surface area contributed by atoms with Gasteiger partial charge in [-0.15, -0.1) is 12.4 Å². The maximum absolute atomic E-state index is 13.2. The summed E-state index contributed by atoms with van der Waals surface area (Å²) >= 11 is 3.56. The van der Waals surface area contributed by atoms with Gasteiger partial charge in [0.25, 0.3) is 0 Å². The van der Waals surface area contributed by atoms with Crippen molar-refractivity contribution in [1.82, 2.24) is 10.2 Å². The predicted molar refractivity (Wildman–Crippen MR) is 104 cm³/mol. The molecule has 0 radical (unpaired) electrons. The molecule has 1 amide bonds. The van der Waals surface area contributed by atoms with E-state index in [-0.39, 0.29) is 24.4 Å². The summed E-state index contributed by atoms with van der Waals surface area (Å²) in [6.07, 6.45) is 5.50. The average Bonchev–Trinajstić information content (AvgIpc) is 3.07. The number of likely N-dealkylation sites (tertiary alicyclic amines) is 1. The van der Waals surface area contributed by atoms with Crippen LogP contribution >= 0.6 is 28.3 Å². The van der Waals surface area contributed by atoms with Gasteiger partial charge in [-0.1, -0.05) is 15.9 Å². The second-order valence-electron chi connectivity index (χ2n) is 7.45. The van der Waals surface area contributed by atoms with Crippen molar-refractivity contribution >= 4 is 34.2 Å². The van der Waals surface area contributed by atoms with E-state index >= 15 is 0 Å². The first-order chi connectivity index (χ1) is 11.6. The molecule has 1 aliphatic carbocycles. The lowest BCUT2D eigenvalue weighted by Crippen LogP contribution is -2.36. The minimum absolute atomic E-state index is 0. The van der Waals surface area contributed by atoms with Crippen molar-refractivity contribution in [1.29, 1.82) is 0 Å². The van der Waals surface area contributed by atoms with Gasteiger partial charge in [-0.3, -0.25) is 4.79 Å². The molecule has 3 aliphatic rings. The topological polar surface area (TPSA) is 41.6 Å². The normalized spacial score (nSPS) is 27.0. The maximum Gasteiger partial charge on any atom is 0.226 e. The van der Waals surface area contributed by atoms with Crippen molar-refractivity contribution in [3.63, 3.8) is 0 Å². The summed E-state index contributed by atoms with van der Waals surface area (Å²) < 4.78 is 6.60. The Balaban J connectivity index is 0.00000182. The van der Waals surface area contributed by atoms with Gasteiger partial charge in [0, 0.05) is 22.5 Å². The highest BCUT2D eigenvalue weighted by Gasteiger charge is 2.59. The Morgan fingerprint density at radius 1 is 1.36 bits per heavy atom. The van der Waals surface area contributed by atoms with Crippen molar-refractivity contribution in [2.75, 3.05) is 26.7 Å². The highest BCUT2D eigenvalue weighted by molar-refractivity contribution is 9.10. The molecule has 4 rings (SSSR count).